The molecular weight excluding hydrogens is 440 g/mol. The van der Waals surface area contributed by atoms with Crippen molar-refractivity contribution in [3.8, 4) is 0 Å². The number of sulfonamides is 1. The Morgan fingerprint density at radius 2 is 1.76 bits per heavy atom. The molecule has 1 saturated heterocycles. The molecule has 2 aromatic carbocycles. The molecule has 3 aromatic rings. The minimum atomic E-state index is -3.94. The first-order valence-electron chi connectivity index (χ1n) is 11.2. The lowest BCUT2D eigenvalue weighted by molar-refractivity contribution is 0.0283. The summed E-state index contributed by atoms with van der Waals surface area (Å²) in [5.41, 5.74) is 4.11. The van der Waals surface area contributed by atoms with Crippen molar-refractivity contribution in [1.82, 2.24) is 4.90 Å². The number of amides is 1. The van der Waals surface area contributed by atoms with Gasteiger partial charge >= 0.3 is 0 Å². The molecule has 0 N–H and O–H groups in total. The maximum atomic E-state index is 14.1. The molecule has 33 heavy (non-hydrogen) atoms. The molecule has 0 unspecified atom stereocenters. The van der Waals surface area contributed by atoms with Crippen molar-refractivity contribution < 1.29 is 22.4 Å². The van der Waals surface area contributed by atoms with Gasteiger partial charge in [-0.3, -0.25) is 9.10 Å². The van der Waals surface area contributed by atoms with E-state index in [0.29, 0.717) is 54.9 Å². The maximum absolute atomic E-state index is 14.1. The monoisotopic (exact) mass is 468 g/mol. The van der Waals surface area contributed by atoms with Gasteiger partial charge in [0.05, 0.1) is 18.9 Å². The number of nitrogens with zero attached hydrogens (tertiary/aromatic N) is 2. The molecule has 8 heteroatoms. The Hall–Kier alpha value is -2.84. The van der Waals surface area contributed by atoms with Crippen molar-refractivity contribution in [3.05, 3.63) is 58.3 Å². The molecule has 1 atom stereocenters. The first-order valence-corrected chi connectivity index (χ1v) is 12.7. The van der Waals surface area contributed by atoms with Gasteiger partial charge < -0.3 is 14.1 Å². The van der Waals surface area contributed by atoms with E-state index < -0.39 is 10.0 Å². The molecule has 174 valence electrons. The first kappa shape index (κ1) is 22.0. The molecule has 5 rings (SSSR count). The van der Waals surface area contributed by atoms with Crippen LogP contribution in [0.1, 0.15) is 39.7 Å². The van der Waals surface area contributed by atoms with E-state index in [1.165, 1.54) is 4.31 Å². The van der Waals surface area contributed by atoms with Gasteiger partial charge in [-0.05, 0) is 62.9 Å². The smallest absolute Gasteiger partial charge is 0.290 e. The third-order valence-electron chi connectivity index (χ3n) is 6.85. The van der Waals surface area contributed by atoms with Crippen LogP contribution in [0.25, 0.3) is 11.0 Å². The second-order valence-electron chi connectivity index (χ2n) is 8.97. The second-order valence-corrected chi connectivity index (χ2v) is 10.7. The fourth-order valence-corrected chi connectivity index (χ4v) is 7.09. The molecule has 0 radical (unpaired) electrons. The molecule has 3 heterocycles. The number of furan rings is 1. The Bertz CT molecular complexity index is 1370. The molecule has 0 aliphatic carbocycles. The lowest BCUT2D eigenvalue weighted by Gasteiger charge is -2.26. The number of hydrogen-bond donors (Lipinski definition) is 0. The number of hydrogen-bond acceptors (Lipinski definition) is 5. The molecule has 7 nitrogen and oxygen atoms in total. The second kappa shape index (κ2) is 7.88. The molecular formula is C25H28N2O5S. The van der Waals surface area contributed by atoms with E-state index >= 15 is 0 Å². The van der Waals surface area contributed by atoms with Gasteiger partial charge in [-0.1, -0.05) is 18.2 Å². The molecule has 1 aromatic heterocycles. The van der Waals surface area contributed by atoms with Crippen LogP contribution in [0, 0.1) is 20.8 Å². The fraction of sp³-hybridized carbons (Fsp3) is 0.400. The van der Waals surface area contributed by atoms with Gasteiger partial charge in [0.25, 0.3) is 15.9 Å². The van der Waals surface area contributed by atoms with Crippen molar-refractivity contribution in [1.29, 1.82) is 0 Å². The zero-order valence-electron chi connectivity index (χ0n) is 19.3. The topological polar surface area (TPSA) is 80.1 Å². The molecule has 0 saturated carbocycles. The van der Waals surface area contributed by atoms with E-state index in [1.807, 2.05) is 51.1 Å². The Morgan fingerprint density at radius 3 is 2.48 bits per heavy atom. The number of carbonyl (C=O) groups is 1. The molecule has 2 aliphatic rings. The third kappa shape index (κ3) is 3.35. The molecule has 1 fully saturated rings. The van der Waals surface area contributed by atoms with Gasteiger partial charge in [-0.2, -0.15) is 0 Å². The SMILES string of the molecule is Cc1cc2c(C)c(C(=O)N3CCOCC3)oc2c(S(=O)(=O)N2c3ccccc3C[C@H]2C)c1C. The highest BCUT2D eigenvalue weighted by Gasteiger charge is 2.39. The fourth-order valence-electron chi connectivity index (χ4n) is 4.97. The number of rotatable bonds is 3. The first-order chi connectivity index (χ1) is 15.7. The summed E-state index contributed by atoms with van der Waals surface area (Å²) in [5.74, 6) is -0.0336. The van der Waals surface area contributed by atoms with Gasteiger partial charge in [-0.15, -0.1) is 0 Å². The summed E-state index contributed by atoms with van der Waals surface area (Å²) < 4.78 is 41.3. The number of para-hydroxylation sites is 1. The number of aryl methyl sites for hydroxylation is 2. The van der Waals surface area contributed by atoms with Crippen LogP contribution in [0.15, 0.2) is 39.6 Å². The predicted molar refractivity (Wildman–Crippen MR) is 126 cm³/mol. The Balaban J connectivity index is 1.70. The highest BCUT2D eigenvalue weighted by atomic mass is 32.2. The van der Waals surface area contributed by atoms with Crippen LogP contribution in [0.5, 0.6) is 0 Å². The number of morpholine rings is 1. The van der Waals surface area contributed by atoms with Crippen LogP contribution in [-0.4, -0.2) is 51.6 Å². The Labute approximate surface area is 194 Å². The van der Waals surface area contributed by atoms with Gasteiger partial charge in [0, 0.05) is 30.1 Å². The van der Waals surface area contributed by atoms with E-state index in [9.17, 15) is 13.2 Å². The number of ether oxygens (including phenoxy) is 1. The van der Waals surface area contributed by atoms with E-state index in [2.05, 4.69) is 0 Å². The zero-order chi connectivity index (χ0) is 23.5. The van der Waals surface area contributed by atoms with E-state index in [-0.39, 0.29) is 28.2 Å². The van der Waals surface area contributed by atoms with Crippen molar-refractivity contribution in [3.63, 3.8) is 0 Å². The maximum Gasteiger partial charge on any atom is 0.290 e. The van der Waals surface area contributed by atoms with Crippen LogP contribution < -0.4 is 4.31 Å². The summed E-state index contributed by atoms with van der Waals surface area (Å²) in [7, 11) is -3.94. The normalized spacial score (nSPS) is 18.7. The summed E-state index contributed by atoms with van der Waals surface area (Å²) >= 11 is 0. The number of carbonyl (C=O) groups excluding carboxylic acids is 1. The summed E-state index contributed by atoms with van der Waals surface area (Å²) in [6, 6.07) is 9.30. The van der Waals surface area contributed by atoms with Crippen LogP contribution in [0.4, 0.5) is 5.69 Å². The van der Waals surface area contributed by atoms with Crippen molar-refractivity contribution in [2.24, 2.45) is 0 Å². The summed E-state index contributed by atoms with van der Waals surface area (Å²) in [6.45, 7) is 9.37. The van der Waals surface area contributed by atoms with Gasteiger partial charge in [0.1, 0.15) is 4.90 Å². The van der Waals surface area contributed by atoms with Crippen molar-refractivity contribution in [2.75, 3.05) is 30.6 Å². The number of fused-ring (bicyclic) bond motifs is 2. The van der Waals surface area contributed by atoms with Gasteiger partial charge in [-0.25, -0.2) is 8.42 Å². The van der Waals surface area contributed by atoms with E-state index in [4.69, 9.17) is 9.15 Å². The number of benzene rings is 2. The minimum Gasteiger partial charge on any atom is -0.449 e. The highest BCUT2D eigenvalue weighted by Crippen LogP contribution is 2.41. The lowest BCUT2D eigenvalue weighted by Crippen LogP contribution is -2.40. The van der Waals surface area contributed by atoms with E-state index in [0.717, 1.165) is 11.1 Å². The number of anilines is 1. The average Bonchev–Trinajstić information content (AvgIpc) is 3.30. The minimum absolute atomic E-state index is 0.144. The Kier molecular flexibility index (Phi) is 5.25. The zero-order valence-corrected chi connectivity index (χ0v) is 20.2. The van der Waals surface area contributed by atoms with Gasteiger partial charge in [0.15, 0.2) is 11.3 Å². The lowest BCUT2D eigenvalue weighted by atomic mass is 10.0. The Morgan fingerprint density at radius 1 is 1.06 bits per heavy atom. The third-order valence-corrected chi connectivity index (χ3v) is 8.93. The highest BCUT2D eigenvalue weighted by molar-refractivity contribution is 7.93. The van der Waals surface area contributed by atoms with Crippen LogP contribution in [0.3, 0.4) is 0 Å². The largest absolute Gasteiger partial charge is 0.449 e. The van der Waals surface area contributed by atoms with Crippen molar-refractivity contribution in [2.45, 2.75) is 45.1 Å². The van der Waals surface area contributed by atoms with Crippen LogP contribution in [-0.2, 0) is 21.2 Å². The summed E-state index contributed by atoms with van der Waals surface area (Å²) in [4.78, 5) is 15.0. The predicted octanol–water partition coefficient (Wildman–Crippen LogP) is 3.97. The molecule has 0 bridgehead atoms. The molecule has 2 aliphatic heterocycles. The quantitative estimate of drug-likeness (QED) is 0.581. The molecule has 0 spiro atoms. The average molecular weight is 469 g/mol. The van der Waals surface area contributed by atoms with E-state index in [1.54, 1.807) is 11.8 Å². The molecule has 1 amide bonds. The van der Waals surface area contributed by atoms with Crippen LogP contribution >= 0.6 is 0 Å². The van der Waals surface area contributed by atoms with Crippen LogP contribution in [0.2, 0.25) is 0 Å². The summed E-state index contributed by atoms with van der Waals surface area (Å²) in [5, 5.41) is 0.661. The standard InChI is InChI=1S/C25H28N2O5S/c1-15-13-20-18(4)22(25(28)26-9-11-31-12-10-26)32-23(20)24(17(15)3)33(29,30)27-16(2)14-19-7-5-6-8-21(19)27/h5-8,13,16H,9-12,14H2,1-4H3/t16-/m1/s1. The van der Waals surface area contributed by atoms with Gasteiger partial charge in [0.2, 0.25) is 0 Å². The van der Waals surface area contributed by atoms with Crippen molar-refractivity contribution >= 4 is 32.6 Å². The summed E-state index contributed by atoms with van der Waals surface area (Å²) in [6.07, 6.45) is 0.654.